The molecule has 1 aliphatic rings. The molecule has 0 bridgehead atoms. The van der Waals surface area contributed by atoms with E-state index in [0.717, 1.165) is 26.2 Å². The quantitative estimate of drug-likeness (QED) is 0.923. The summed E-state index contributed by atoms with van der Waals surface area (Å²) in [5.41, 5.74) is 0.349. The van der Waals surface area contributed by atoms with Gasteiger partial charge in [-0.05, 0) is 6.07 Å². The molecule has 0 aliphatic carbocycles. The molecule has 0 radical (unpaired) electrons. The zero-order chi connectivity index (χ0) is 12.3. The Morgan fingerprint density at radius 1 is 1.33 bits per heavy atom. The Morgan fingerprint density at radius 2 is 2.00 bits per heavy atom. The van der Waals surface area contributed by atoms with E-state index in [1.807, 2.05) is 4.90 Å². The molecule has 6 heteroatoms. The van der Waals surface area contributed by atoms with E-state index in [2.05, 4.69) is 5.32 Å². The molecule has 2 nitrogen and oxygen atoms in total. The van der Waals surface area contributed by atoms with Crippen LogP contribution in [0.3, 0.4) is 0 Å². The molecule has 1 aromatic rings. The lowest BCUT2D eigenvalue weighted by Gasteiger charge is -2.33. The van der Waals surface area contributed by atoms with Gasteiger partial charge < -0.3 is 5.32 Å². The number of halogens is 4. The standard InChI is InChI=1S/C12H15ClF2N2.ClH/c13-10-3-1-2-9(12(10)15)11(8-14)17-6-4-16-5-7-17;/h1-3,11,16H,4-8H2;1H/t11-;/m1./s1. The smallest absolute Gasteiger partial charge is 0.146 e. The van der Waals surface area contributed by atoms with Crippen molar-refractivity contribution in [1.29, 1.82) is 0 Å². The number of hydrogen-bond donors (Lipinski definition) is 1. The second kappa shape index (κ2) is 7.24. The highest BCUT2D eigenvalue weighted by Gasteiger charge is 2.25. The lowest BCUT2D eigenvalue weighted by Crippen LogP contribution is -2.45. The SMILES string of the molecule is Cl.FC[C@H](c1cccc(Cl)c1F)N1CCNCC1. The summed E-state index contributed by atoms with van der Waals surface area (Å²) in [4.78, 5) is 1.95. The Bertz CT molecular complexity index is 384. The topological polar surface area (TPSA) is 15.3 Å². The normalized spacial score (nSPS) is 18.2. The number of hydrogen-bond acceptors (Lipinski definition) is 2. The van der Waals surface area contributed by atoms with Crippen LogP contribution >= 0.6 is 24.0 Å². The maximum atomic E-state index is 13.9. The molecule has 102 valence electrons. The first-order valence-corrected chi connectivity index (χ1v) is 6.06. The minimum absolute atomic E-state index is 0. The average molecular weight is 297 g/mol. The number of rotatable bonds is 3. The van der Waals surface area contributed by atoms with Gasteiger partial charge in [0.2, 0.25) is 0 Å². The minimum Gasteiger partial charge on any atom is -0.314 e. The van der Waals surface area contributed by atoms with Gasteiger partial charge in [0.25, 0.3) is 0 Å². The van der Waals surface area contributed by atoms with Crippen LogP contribution in [0.2, 0.25) is 5.02 Å². The summed E-state index contributed by atoms with van der Waals surface area (Å²) >= 11 is 5.73. The lowest BCUT2D eigenvalue weighted by atomic mass is 10.0. The van der Waals surface area contributed by atoms with Crippen LogP contribution in [0.4, 0.5) is 8.78 Å². The van der Waals surface area contributed by atoms with Crippen LogP contribution in [0.15, 0.2) is 18.2 Å². The van der Waals surface area contributed by atoms with Gasteiger partial charge in [0.1, 0.15) is 12.5 Å². The molecule has 0 amide bonds. The molecule has 1 atom stereocenters. The van der Waals surface area contributed by atoms with E-state index in [1.165, 1.54) is 6.07 Å². The first-order chi connectivity index (χ1) is 8.24. The third-order valence-corrected chi connectivity index (χ3v) is 3.37. The molecule has 1 aromatic carbocycles. The number of nitrogens with one attached hydrogen (secondary N) is 1. The molecule has 0 unspecified atom stereocenters. The highest BCUT2D eigenvalue weighted by atomic mass is 35.5. The summed E-state index contributed by atoms with van der Waals surface area (Å²) in [6.45, 7) is 2.45. The van der Waals surface area contributed by atoms with Crippen molar-refractivity contribution in [3.8, 4) is 0 Å². The maximum Gasteiger partial charge on any atom is 0.146 e. The average Bonchev–Trinajstić information content (AvgIpc) is 2.37. The van der Waals surface area contributed by atoms with Crippen LogP contribution in [-0.4, -0.2) is 37.8 Å². The Kier molecular flexibility index (Phi) is 6.29. The predicted octanol–water partition coefficient (Wildman–Crippen LogP) is 2.82. The van der Waals surface area contributed by atoms with Crippen LogP contribution in [0, 0.1) is 5.82 Å². The first-order valence-electron chi connectivity index (χ1n) is 5.68. The van der Waals surface area contributed by atoms with Crippen molar-refractivity contribution < 1.29 is 8.78 Å². The molecule has 18 heavy (non-hydrogen) atoms. The molecule has 1 N–H and O–H groups in total. The largest absolute Gasteiger partial charge is 0.314 e. The fourth-order valence-electron chi connectivity index (χ4n) is 2.15. The van der Waals surface area contributed by atoms with E-state index in [4.69, 9.17) is 11.6 Å². The van der Waals surface area contributed by atoms with E-state index < -0.39 is 18.5 Å². The first kappa shape index (κ1) is 15.6. The number of nitrogens with zero attached hydrogens (tertiary/aromatic N) is 1. The molecular weight excluding hydrogens is 281 g/mol. The molecule has 2 rings (SSSR count). The lowest BCUT2D eigenvalue weighted by molar-refractivity contribution is 0.144. The Morgan fingerprint density at radius 3 is 2.61 bits per heavy atom. The van der Waals surface area contributed by atoms with Crippen molar-refractivity contribution in [1.82, 2.24) is 10.2 Å². The van der Waals surface area contributed by atoms with Crippen LogP contribution in [0.25, 0.3) is 0 Å². The number of alkyl halides is 1. The van der Waals surface area contributed by atoms with Gasteiger partial charge in [0, 0.05) is 31.7 Å². The van der Waals surface area contributed by atoms with Gasteiger partial charge in [0.15, 0.2) is 0 Å². The highest BCUT2D eigenvalue weighted by Crippen LogP contribution is 2.28. The molecule has 1 heterocycles. The summed E-state index contributed by atoms with van der Waals surface area (Å²) < 4.78 is 27.0. The Hall–Kier alpha value is -0.420. The van der Waals surface area contributed by atoms with Crippen molar-refractivity contribution in [2.75, 3.05) is 32.9 Å². The Labute approximate surface area is 117 Å². The molecule has 1 aliphatic heterocycles. The van der Waals surface area contributed by atoms with Crippen molar-refractivity contribution in [3.63, 3.8) is 0 Å². The monoisotopic (exact) mass is 296 g/mol. The molecule has 0 spiro atoms. The summed E-state index contributed by atoms with van der Waals surface area (Å²) in [5, 5.41) is 3.24. The molecular formula is C12H16Cl2F2N2. The molecule has 1 fully saturated rings. The van der Waals surface area contributed by atoms with E-state index in [9.17, 15) is 8.78 Å². The van der Waals surface area contributed by atoms with Gasteiger partial charge in [-0.25, -0.2) is 8.78 Å². The van der Waals surface area contributed by atoms with E-state index in [-0.39, 0.29) is 17.4 Å². The minimum atomic E-state index is -0.600. The van der Waals surface area contributed by atoms with Crippen LogP contribution in [0.5, 0.6) is 0 Å². The van der Waals surface area contributed by atoms with Crippen molar-refractivity contribution in [2.45, 2.75) is 6.04 Å². The van der Waals surface area contributed by atoms with Gasteiger partial charge in [0.05, 0.1) is 11.1 Å². The van der Waals surface area contributed by atoms with Gasteiger partial charge >= 0.3 is 0 Å². The fourth-order valence-corrected chi connectivity index (χ4v) is 2.33. The Balaban J connectivity index is 0.00000162. The maximum absolute atomic E-state index is 13.9. The number of piperazine rings is 1. The van der Waals surface area contributed by atoms with Crippen molar-refractivity contribution in [3.05, 3.63) is 34.6 Å². The summed E-state index contributed by atoms with van der Waals surface area (Å²) in [6, 6.07) is 4.21. The highest BCUT2D eigenvalue weighted by molar-refractivity contribution is 6.30. The third kappa shape index (κ3) is 3.32. The van der Waals surface area contributed by atoms with Gasteiger partial charge in [-0.2, -0.15) is 0 Å². The van der Waals surface area contributed by atoms with Gasteiger partial charge in [-0.1, -0.05) is 23.7 Å². The summed E-state index contributed by atoms with van der Waals surface area (Å²) in [7, 11) is 0. The zero-order valence-corrected chi connectivity index (χ0v) is 11.4. The summed E-state index contributed by atoms with van der Waals surface area (Å²) in [5.74, 6) is -0.504. The van der Waals surface area contributed by atoms with E-state index in [1.54, 1.807) is 12.1 Å². The zero-order valence-electron chi connectivity index (χ0n) is 9.83. The number of benzene rings is 1. The predicted molar refractivity (Wildman–Crippen MR) is 71.8 cm³/mol. The third-order valence-electron chi connectivity index (χ3n) is 3.08. The summed E-state index contributed by atoms with van der Waals surface area (Å²) in [6.07, 6.45) is 0. The van der Waals surface area contributed by atoms with Gasteiger partial charge in [-0.3, -0.25) is 4.90 Å². The van der Waals surface area contributed by atoms with Crippen molar-refractivity contribution in [2.24, 2.45) is 0 Å². The van der Waals surface area contributed by atoms with Crippen LogP contribution in [0.1, 0.15) is 11.6 Å². The van der Waals surface area contributed by atoms with Crippen molar-refractivity contribution >= 4 is 24.0 Å². The van der Waals surface area contributed by atoms with Crippen LogP contribution in [-0.2, 0) is 0 Å². The molecule has 0 aromatic heterocycles. The second-order valence-corrected chi connectivity index (χ2v) is 4.51. The molecule has 1 saturated heterocycles. The fraction of sp³-hybridized carbons (Fsp3) is 0.500. The second-order valence-electron chi connectivity index (χ2n) is 4.10. The van der Waals surface area contributed by atoms with E-state index >= 15 is 0 Å². The van der Waals surface area contributed by atoms with Gasteiger partial charge in [-0.15, -0.1) is 12.4 Å². The molecule has 0 saturated carbocycles. The van der Waals surface area contributed by atoms with Crippen LogP contribution < -0.4 is 5.32 Å². The van der Waals surface area contributed by atoms with E-state index in [0.29, 0.717) is 5.56 Å².